The van der Waals surface area contributed by atoms with Crippen LogP contribution in [-0.4, -0.2) is 28.1 Å². The lowest BCUT2D eigenvalue weighted by atomic mass is 10.2. The molecule has 1 N–H and O–H groups in total. The molecule has 1 aromatic carbocycles. The van der Waals surface area contributed by atoms with Gasteiger partial charge >= 0.3 is 5.97 Å². The van der Waals surface area contributed by atoms with E-state index in [4.69, 9.17) is 16.3 Å². The van der Waals surface area contributed by atoms with Crippen LogP contribution in [0.15, 0.2) is 36.4 Å². The summed E-state index contributed by atoms with van der Waals surface area (Å²) in [6.45, 7) is 1.92. The number of hydrogen-bond acceptors (Lipinski definition) is 7. The van der Waals surface area contributed by atoms with Crippen molar-refractivity contribution >= 4 is 51.3 Å². The first-order valence-corrected chi connectivity index (χ1v) is 9.22. The van der Waals surface area contributed by atoms with Crippen LogP contribution in [0.25, 0.3) is 10.4 Å². The van der Waals surface area contributed by atoms with E-state index in [2.05, 4.69) is 14.9 Å². The van der Waals surface area contributed by atoms with Gasteiger partial charge in [0.1, 0.15) is 0 Å². The fourth-order valence-corrected chi connectivity index (χ4v) is 3.59. The molecule has 0 spiro atoms. The van der Waals surface area contributed by atoms with Crippen LogP contribution in [0.3, 0.4) is 0 Å². The van der Waals surface area contributed by atoms with Gasteiger partial charge in [-0.2, -0.15) is 0 Å². The number of carbonyl (C=O) groups is 2. The summed E-state index contributed by atoms with van der Waals surface area (Å²) in [5, 5.41) is 7.30. The molecule has 3 aromatic rings. The third-order valence-corrected chi connectivity index (χ3v) is 5.17. The molecular weight excluding hydrogens is 382 g/mol. The average molecular weight is 394 g/mol. The number of carbonyl (C=O) groups excluding carboxylic acids is 2. The number of amides is 1. The number of thiophene rings is 1. The third-order valence-electron chi connectivity index (χ3n) is 3.14. The maximum atomic E-state index is 12.4. The largest absolute Gasteiger partial charge is 0.461 e. The van der Waals surface area contributed by atoms with Crippen LogP contribution in [-0.2, 0) is 4.74 Å². The van der Waals surface area contributed by atoms with Gasteiger partial charge in [-0.3, -0.25) is 4.79 Å². The minimum Gasteiger partial charge on any atom is -0.461 e. The van der Waals surface area contributed by atoms with Gasteiger partial charge in [0.15, 0.2) is 5.00 Å². The smallest absolute Gasteiger partial charge is 0.362 e. The van der Waals surface area contributed by atoms with Gasteiger partial charge in [-0.1, -0.05) is 28.2 Å². The minimum atomic E-state index is -0.611. The zero-order valence-corrected chi connectivity index (χ0v) is 15.4. The van der Waals surface area contributed by atoms with E-state index in [0.717, 1.165) is 22.0 Å². The number of rotatable bonds is 5. The summed E-state index contributed by atoms with van der Waals surface area (Å²) >= 11 is 8.15. The summed E-state index contributed by atoms with van der Waals surface area (Å²) < 4.78 is 8.59. The highest BCUT2D eigenvalue weighted by atomic mass is 35.5. The predicted octanol–water partition coefficient (Wildman–Crippen LogP) is 4.35. The van der Waals surface area contributed by atoms with Crippen LogP contribution in [0.1, 0.15) is 27.1 Å². The standard InChI is InChI=1S/C16H12ClN3O3S2/c1-2-23-16(22)13-15(25-20-19-13)18-14(21)12-8-7-11(24-12)9-3-5-10(17)6-4-9/h3-8H,2H2,1H3,(H,18,21). The lowest BCUT2D eigenvalue weighted by Gasteiger charge is -2.02. The highest BCUT2D eigenvalue weighted by molar-refractivity contribution is 7.17. The second-order valence-electron chi connectivity index (χ2n) is 4.80. The summed E-state index contributed by atoms with van der Waals surface area (Å²) in [6.07, 6.45) is 0. The van der Waals surface area contributed by atoms with Crippen LogP contribution in [0.4, 0.5) is 5.00 Å². The normalized spacial score (nSPS) is 10.5. The molecule has 9 heteroatoms. The number of esters is 1. The van der Waals surface area contributed by atoms with Gasteiger partial charge in [-0.25, -0.2) is 4.79 Å². The van der Waals surface area contributed by atoms with Gasteiger partial charge in [-0.05, 0) is 36.8 Å². The molecule has 0 aliphatic rings. The fraction of sp³-hybridized carbons (Fsp3) is 0.125. The van der Waals surface area contributed by atoms with Crippen molar-refractivity contribution in [3.05, 3.63) is 52.0 Å². The lowest BCUT2D eigenvalue weighted by molar-refractivity contribution is 0.0520. The van der Waals surface area contributed by atoms with Crippen LogP contribution < -0.4 is 5.32 Å². The van der Waals surface area contributed by atoms with Gasteiger partial charge in [0, 0.05) is 21.4 Å². The fourth-order valence-electron chi connectivity index (χ4n) is 2.00. The Morgan fingerprint density at radius 3 is 2.68 bits per heavy atom. The number of nitrogens with zero attached hydrogens (tertiary/aromatic N) is 2. The molecule has 2 heterocycles. The maximum absolute atomic E-state index is 12.4. The third kappa shape index (κ3) is 4.04. The summed E-state index contributed by atoms with van der Waals surface area (Å²) in [6, 6.07) is 11.0. The molecule has 0 fully saturated rings. The van der Waals surface area contributed by atoms with E-state index in [9.17, 15) is 9.59 Å². The lowest BCUT2D eigenvalue weighted by Crippen LogP contribution is -2.13. The van der Waals surface area contributed by atoms with Crippen molar-refractivity contribution in [3.63, 3.8) is 0 Å². The Balaban J connectivity index is 1.76. The molecule has 2 aromatic heterocycles. The average Bonchev–Trinajstić information content (AvgIpc) is 3.25. The van der Waals surface area contributed by atoms with E-state index in [1.807, 2.05) is 18.2 Å². The summed E-state index contributed by atoms with van der Waals surface area (Å²) in [5.74, 6) is -0.943. The monoisotopic (exact) mass is 393 g/mol. The molecule has 0 atom stereocenters. The van der Waals surface area contributed by atoms with E-state index < -0.39 is 5.97 Å². The zero-order chi connectivity index (χ0) is 17.8. The molecule has 25 heavy (non-hydrogen) atoms. The van der Waals surface area contributed by atoms with Crippen molar-refractivity contribution in [3.8, 4) is 10.4 Å². The Morgan fingerprint density at radius 2 is 1.96 bits per heavy atom. The number of anilines is 1. The van der Waals surface area contributed by atoms with E-state index in [0.29, 0.717) is 9.90 Å². The number of benzene rings is 1. The topological polar surface area (TPSA) is 81.2 Å². The molecule has 128 valence electrons. The Hall–Kier alpha value is -2.29. The maximum Gasteiger partial charge on any atom is 0.362 e. The molecule has 0 radical (unpaired) electrons. The summed E-state index contributed by atoms with van der Waals surface area (Å²) in [5.41, 5.74) is 0.981. The van der Waals surface area contributed by atoms with E-state index in [-0.39, 0.29) is 23.2 Å². The molecule has 0 unspecified atom stereocenters. The molecule has 0 saturated carbocycles. The Labute approximate surface area is 156 Å². The minimum absolute atomic E-state index is 0.00896. The van der Waals surface area contributed by atoms with Crippen LogP contribution >= 0.6 is 34.5 Å². The Kier molecular flexibility index (Phi) is 5.42. The second kappa shape index (κ2) is 7.73. The molecule has 0 bridgehead atoms. The van der Waals surface area contributed by atoms with Gasteiger partial charge < -0.3 is 10.1 Å². The van der Waals surface area contributed by atoms with Crippen LogP contribution in [0, 0.1) is 0 Å². The van der Waals surface area contributed by atoms with Crippen LogP contribution in [0.5, 0.6) is 0 Å². The highest BCUT2D eigenvalue weighted by Gasteiger charge is 2.20. The van der Waals surface area contributed by atoms with Gasteiger partial charge in [0.05, 0.1) is 11.5 Å². The van der Waals surface area contributed by atoms with Gasteiger partial charge in [0.2, 0.25) is 5.69 Å². The molecule has 3 rings (SSSR count). The molecule has 0 aliphatic carbocycles. The first kappa shape index (κ1) is 17.5. The van der Waals surface area contributed by atoms with Crippen molar-refractivity contribution in [2.75, 3.05) is 11.9 Å². The van der Waals surface area contributed by atoms with Crippen LogP contribution in [0.2, 0.25) is 5.02 Å². The molecule has 6 nitrogen and oxygen atoms in total. The van der Waals surface area contributed by atoms with E-state index in [1.54, 1.807) is 25.1 Å². The number of hydrogen-bond donors (Lipinski definition) is 1. The first-order chi connectivity index (χ1) is 12.1. The van der Waals surface area contributed by atoms with Crippen molar-refractivity contribution in [2.24, 2.45) is 0 Å². The summed E-state index contributed by atoms with van der Waals surface area (Å²) in [4.78, 5) is 25.7. The predicted molar refractivity (Wildman–Crippen MR) is 98.6 cm³/mol. The number of halogens is 1. The SMILES string of the molecule is CCOC(=O)c1nnsc1NC(=O)c1ccc(-c2ccc(Cl)cc2)s1. The highest BCUT2D eigenvalue weighted by Crippen LogP contribution is 2.30. The quantitative estimate of drug-likeness (QED) is 0.652. The number of ether oxygens (including phenoxy) is 1. The van der Waals surface area contributed by atoms with Crippen molar-refractivity contribution in [2.45, 2.75) is 6.92 Å². The Bertz CT molecular complexity index is 906. The van der Waals surface area contributed by atoms with E-state index >= 15 is 0 Å². The number of nitrogens with one attached hydrogen (secondary N) is 1. The molecule has 0 aliphatic heterocycles. The van der Waals surface area contributed by atoms with Gasteiger partial charge in [0.25, 0.3) is 5.91 Å². The molecule has 1 amide bonds. The second-order valence-corrected chi connectivity index (χ2v) is 7.07. The summed E-state index contributed by atoms with van der Waals surface area (Å²) in [7, 11) is 0. The number of aromatic nitrogens is 2. The van der Waals surface area contributed by atoms with Crippen molar-refractivity contribution in [1.82, 2.24) is 9.59 Å². The molecule has 0 saturated heterocycles. The molecular formula is C16H12ClN3O3S2. The Morgan fingerprint density at radius 1 is 1.20 bits per heavy atom. The van der Waals surface area contributed by atoms with E-state index in [1.165, 1.54) is 11.3 Å². The zero-order valence-electron chi connectivity index (χ0n) is 13.0. The van der Waals surface area contributed by atoms with Crippen molar-refractivity contribution < 1.29 is 14.3 Å². The van der Waals surface area contributed by atoms with Gasteiger partial charge in [-0.15, -0.1) is 16.4 Å². The van der Waals surface area contributed by atoms with Crippen molar-refractivity contribution in [1.29, 1.82) is 0 Å². The first-order valence-electron chi connectivity index (χ1n) is 7.25.